The lowest BCUT2D eigenvalue weighted by atomic mass is 10.2. The molecule has 0 aliphatic rings. The van der Waals surface area contributed by atoms with Gasteiger partial charge in [-0.05, 0) is 12.1 Å². The normalized spacial score (nSPS) is 9.80. The number of ether oxygens (including phenoxy) is 1. The van der Waals surface area contributed by atoms with Gasteiger partial charge in [-0.3, -0.25) is 0 Å². The van der Waals surface area contributed by atoms with E-state index in [1.807, 2.05) is 0 Å². The third kappa shape index (κ3) is 2.88. The van der Waals surface area contributed by atoms with E-state index in [4.69, 9.17) is 40.8 Å². The van der Waals surface area contributed by atoms with Crippen LogP contribution in [0, 0.1) is 24.7 Å². The van der Waals surface area contributed by atoms with E-state index in [0.29, 0.717) is 21.4 Å². The first kappa shape index (κ1) is 14.3. The molecular formula is C14H9Cl2N3O. The number of nitrogens with zero attached hydrogens (tertiary/aromatic N) is 3. The standard InChI is InChI=1S/C14H9Cl2N3O/c1-3-8-19-13(17-14(18-19)20-9-4-2)10-6-5-7-11(15)12(10)16/h1-2,5-7H,8-9H2. The topological polar surface area (TPSA) is 39.9 Å². The van der Waals surface area contributed by atoms with Gasteiger partial charge in [-0.15, -0.1) is 17.9 Å². The Morgan fingerprint density at radius 1 is 1.25 bits per heavy atom. The van der Waals surface area contributed by atoms with Crippen molar-refractivity contribution in [3.63, 3.8) is 0 Å². The van der Waals surface area contributed by atoms with Gasteiger partial charge in [0.15, 0.2) is 12.4 Å². The third-order valence-corrected chi connectivity index (χ3v) is 3.19. The largest absolute Gasteiger partial charge is 0.449 e. The number of terminal acetylenes is 2. The molecule has 0 bridgehead atoms. The zero-order chi connectivity index (χ0) is 14.5. The molecule has 0 atom stereocenters. The fourth-order valence-electron chi connectivity index (χ4n) is 1.56. The van der Waals surface area contributed by atoms with E-state index in [0.717, 1.165) is 0 Å². The number of aromatic nitrogens is 3. The van der Waals surface area contributed by atoms with Gasteiger partial charge < -0.3 is 4.74 Å². The molecule has 2 aromatic rings. The molecule has 0 aliphatic carbocycles. The molecule has 1 aromatic heterocycles. The molecule has 2 rings (SSSR count). The molecule has 0 unspecified atom stereocenters. The molecule has 4 nitrogen and oxygen atoms in total. The number of hydrogen-bond donors (Lipinski definition) is 0. The quantitative estimate of drug-likeness (QED) is 0.816. The third-order valence-electron chi connectivity index (χ3n) is 2.37. The van der Waals surface area contributed by atoms with E-state index < -0.39 is 0 Å². The van der Waals surface area contributed by atoms with Gasteiger partial charge in [0.05, 0.1) is 10.0 Å². The monoisotopic (exact) mass is 305 g/mol. The van der Waals surface area contributed by atoms with Crippen LogP contribution < -0.4 is 4.74 Å². The Morgan fingerprint density at radius 3 is 2.75 bits per heavy atom. The molecule has 0 fully saturated rings. The molecule has 0 aliphatic heterocycles. The highest BCUT2D eigenvalue weighted by atomic mass is 35.5. The number of benzene rings is 1. The van der Waals surface area contributed by atoms with Crippen molar-refractivity contribution >= 4 is 23.2 Å². The summed E-state index contributed by atoms with van der Waals surface area (Å²) >= 11 is 12.2. The molecule has 6 heteroatoms. The van der Waals surface area contributed by atoms with Crippen molar-refractivity contribution in [3.8, 4) is 42.1 Å². The highest BCUT2D eigenvalue weighted by molar-refractivity contribution is 6.43. The lowest BCUT2D eigenvalue weighted by molar-refractivity contribution is 0.338. The minimum atomic E-state index is 0.0722. The summed E-state index contributed by atoms with van der Waals surface area (Å²) in [6.45, 7) is 0.299. The molecule has 0 saturated carbocycles. The molecular weight excluding hydrogens is 297 g/mol. The second-order valence-electron chi connectivity index (χ2n) is 3.67. The van der Waals surface area contributed by atoms with Gasteiger partial charge in [-0.1, -0.05) is 41.1 Å². The summed E-state index contributed by atoms with van der Waals surface area (Å²) in [7, 11) is 0. The van der Waals surface area contributed by atoms with Crippen LogP contribution in [-0.2, 0) is 6.54 Å². The van der Waals surface area contributed by atoms with Crippen molar-refractivity contribution in [1.82, 2.24) is 14.8 Å². The predicted octanol–water partition coefficient (Wildman–Crippen LogP) is 2.90. The summed E-state index contributed by atoms with van der Waals surface area (Å²) in [4.78, 5) is 4.23. The maximum Gasteiger partial charge on any atom is 0.337 e. The summed E-state index contributed by atoms with van der Waals surface area (Å²) in [6, 6.07) is 5.37. The van der Waals surface area contributed by atoms with E-state index in [-0.39, 0.29) is 19.2 Å². The van der Waals surface area contributed by atoms with E-state index in [2.05, 4.69) is 21.9 Å². The Bertz CT molecular complexity index is 710. The molecule has 1 heterocycles. The molecule has 20 heavy (non-hydrogen) atoms. The average molecular weight is 306 g/mol. The fourth-order valence-corrected chi connectivity index (χ4v) is 1.95. The Hall–Kier alpha value is -2.14. The lowest BCUT2D eigenvalue weighted by Gasteiger charge is -2.05. The van der Waals surface area contributed by atoms with E-state index in [1.54, 1.807) is 18.2 Å². The van der Waals surface area contributed by atoms with E-state index in [9.17, 15) is 0 Å². The van der Waals surface area contributed by atoms with Gasteiger partial charge >= 0.3 is 6.01 Å². The molecule has 0 amide bonds. The van der Waals surface area contributed by atoms with Crippen molar-refractivity contribution in [2.75, 3.05) is 6.61 Å². The van der Waals surface area contributed by atoms with Crippen LogP contribution in [0.2, 0.25) is 10.0 Å². The van der Waals surface area contributed by atoms with Crippen LogP contribution in [0.5, 0.6) is 6.01 Å². The smallest absolute Gasteiger partial charge is 0.337 e. The van der Waals surface area contributed by atoms with Gasteiger partial charge in [-0.2, -0.15) is 4.98 Å². The molecule has 0 spiro atoms. The van der Waals surface area contributed by atoms with Crippen LogP contribution in [0.1, 0.15) is 0 Å². The van der Waals surface area contributed by atoms with Crippen LogP contribution in [0.4, 0.5) is 0 Å². The number of hydrogen-bond acceptors (Lipinski definition) is 3. The van der Waals surface area contributed by atoms with Crippen LogP contribution in [0.3, 0.4) is 0 Å². The molecule has 1 aromatic carbocycles. The first-order valence-electron chi connectivity index (χ1n) is 5.56. The fraction of sp³-hybridized carbons (Fsp3) is 0.143. The minimum Gasteiger partial charge on any atom is -0.449 e. The summed E-state index contributed by atoms with van der Waals surface area (Å²) in [6.07, 6.45) is 10.4. The molecule has 100 valence electrons. The SMILES string of the molecule is C#CCOc1nc(-c2cccc(Cl)c2Cl)n(CC#C)n1. The molecule has 0 N–H and O–H groups in total. The van der Waals surface area contributed by atoms with Gasteiger partial charge in [0.1, 0.15) is 6.54 Å². The highest BCUT2D eigenvalue weighted by Crippen LogP contribution is 2.33. The van der Waals surface area contributed by atoms with Crippen molar-refractivity contribution in [2.24, 2.45) is 0 Å². The predicted molar refractivity (Wildman–Crippen MR) is 78.6 cm³/mol. The van der Waals surface area contributed by atoms with Gasteiger partial charge in [-0.25, -0.2) is 4.68 Å². The van der Waals surface area contributed by atoms with Crippen molar-refractivity contribution in [1.29, 1.82) is 0 Å². The Kier molecular flexibility index (Phi) is 4.53. The highest BCUT2D eigenvalue weighted by Gasteiger charge is 2.16. The van der Waals surface area contributed by atoms with Crippen molar-refractivity contribution in [3.05, 3.63) is 28.2 Å². The maximum atomic E-state index is 6.18. The summed E-state index contributed by atoms with van der Waals surface area (Å²) in [5, 5.41) is 4.93. The van der Waals surface area contributed by atoms with Crippen molar-refractivity contribution < 1.29 is 4.74 Å². The maximum absolute atomic E-state index is 6.18. The van der Waals surface area contributed by atoms with Crippen LogP contribution in [0.15, 0.2) is 18.2 Å². The number of rotatable bonds is 4. The van der Waals surface area contributed by atoms with Crippen molar-refractivity contribution in [2.45, 2.75) is 6.54 Å². The summed E-state index contributed by atoms with van der Waals surface area (Å²) in [5.41, 5.74) is 0.623. The molecule has 0 saturated heterocycles. The van der Waals surface area contributed by atoms with Gasteiger partial charge in [0.25, 0.3) is 0 Å². The zero-order valence-corrected chi connectivity index (χ0v) is 11.8. The summed E-state index contributed by atoms with van der Waals surface area (Å²) < 4.78 is 6.69. The van der Waals surface area contributed by atoms with Crippen LogP contribution in [0.25, 0.3) is 11.4 Å². The molecule has 0 radical (unpaired) electrons. The Balaban J connectivity index is 2.49. The second kappa shape index (κ2) is 6.34. The lowest BCUT2D eigenvalue weighted by Crippen LogP contribution is -2.02. The first-order chi connectivity index (χ1) is 9.67. The van der Waals surface area contributed by atoms with Gasteiger partial charge in [0, 0.05) is 5.56 Å². The second-order valence-corrected chi connectivity index (χ2v) is 4.46. The van der Waals surface area contributed by atoms with Crippen LogP contribution >= 0.6 is 23.2 Å². The van der Waals surface area contributed by atoms with Crippen LogP contribution in [-0.4, -0.2) is 21.4 Å². The first-order valence-corrected chi connectivity index (χ1v) is 6.32. The zero-order valence-electron chi connectivity index (χ0n) is 10.3. The van der Waals surface area contributed by atoms with Gasteiger partial charge in [0.2, 0.25) is 0 Å². The average Bonchev–Trinajstić information content (AvgIpc) is 2.83. The Labute approximate surface area is 126 Å². The minimum absolute atomic E-state index is 0.0722. The number of halogens is 2. The van der Waals surface area contributed by atoms with E-state index >= 15 is 0 Å². The van der Waals surface area contributed by atoms with E-state index in [1.165, 1.54) is 4.68 Å². The Morgan fingerprint density at radius 2 is 2.05 bits per heavy atom. The summed E-state index contributed by atoms with van der Waals surface area (Å²) in [5.74, 6) is 5.30.